The van der Waals surface area contributed by atoms with Crippen molar-refractivity contribution in [2.45, 2.75) is 6.92 Å². The lowest BCUT2D eigenvalue weighted by atomic mass is 10.1. The third-order valence-electron chi connectivity index (χ3n) is 4.95. The maximum atomic E-state index is 13.2. The first kappa shape index (κ1) is 20.2. The van der Waals surface area contributed by atoms with Crippen LogP contribution < -0.4 is 14.8 Å². The molecule has 1 aromatic heterocycles. The van der Waals surface area contributed by atoms with E-state index in [2.05, 4.69) is 10.4 Å². The minimum absolute atomic E-state index is 0.289. The van der Waals surface area contributed by atoms with Gasteiger partial charge in [-0.3, -0.25) is 4.79 Å². The topological polar surface area (TPSA) is 65.4 Å². The number of aryl methyl sites for hydroxylation is 1. The summed E-state index contributed by atoms with van der Waals surface area (Å²) in [7, 11) is 3.17. The molecule has 0 atom stereocenters. The lowest BCUT2D eigenvalue weighted by Crippen LogP contribution is -2.14. The molecule has 3 aromatic carbocycles. The number of hydrogen-bond acceptors (Lipinski definition) is 4. The molecule has 31 heavy (non-hydrogen) atoms. The Morgan fingerprint density at radius 3 is 2.29 bits per heavy atom. The Labute approximate surface area is 181 Å². The first-order chi connectivity index (χ1) is 15.1. The SMILES string of the molecule is COc1ccc(-c2cn(-c3ccccc3)nc2C(=O)Nc2ccc(C)cc2)cc1OC. The first-order valence-electron chi connectivity index (χ1n) is 9.84. The zero-order valence-electron chi connectivity index (χ0n) is 17.6. The van der Waals surface area contributed by atoms with E-state index >= 15 is 0 Å². The van der Waals surface area contributed by atoms with E-state index in [0.717, 1.165) is 16.8 Å². The van der Waals surface area contributed by atoms with Crippen molar-refractivity contribution >= 4 is 11.6 Å². The van der Waals surface area contributed by atoms with Crippen LogP contribution >= 0.6 is 0 Å². The Hall–Kier alpha value is -4.06. The van der Waals surface area contributed by atoms with Gasteiger partial charge in [-0.15, -0.1) is 0 Å². The van der Waals surface area contributed by atoms with E-state index in [9.17, 15) is 4.79 Å². The third kappa shape index (κ3) is 4.28. The first-order valence-corrected chi connectivity index (χ1v) is 9.84. The molecule has 0 spiro atoms. The fraction of sp³-hybridized carbons (Fsp3) is 0.120. The van der Waals surface area contributed by atoms with Gasteiger partial charge in [-0.1, -0.05) is 42.0 Å². The van der Waals surface area contributed by atoms with Crippen LogP contribution in [0.5, 0.6) is 11.5 Å². The van der Waals surface area contributed by atoms with Crippen LogP contribution in [0.3, 0.4) is 0 Å². The smallest absolute Gasteiger partial charge is 0.276 e. The second kappa shape index (κ2) is 8.75. The quantitative estimate of drug-likeness (QED) is 0.477. The number of hydrogen-bond donors (Lipinski definition) is 1. The second-order valence-electron chi connectivity index (χ2n) is 7.06. The molecule has 0 radical (unpaired) electrons. The van der Waals surface area contributed by atoms with Gasteiger partial charge < -0.3 is 14.8 Å². The number of para-hydroxylation sites is 1. The van der Waals surface area contributed by atoms with Gasteiger partial charge in [0.2, 0.25) is 0 Å². The fourth-order valence-corrected chi connectivity index (χ4v) is 3.30. The molecular weight excluding hydrogens is 390 g/mol. The molecule has 1 heterocycles. The van der Waals surface area contributed by atoms with E-state index in [1.165, 1.54) is 0 Å². The van der Waals surface area contributed by atoms with Crippen LogP contribution in [0.25, 0.3) is 16.8 Å². The van der Waals surface area contributed by atoms with Crippen molar-refractivity contribution in [2.75, 3.05) is 19.5 Å². The van der Waals surface area contributed by atoms with Gasteiger partial charge in [0, 0.05) is 17.4 Å². The van der Waals surface area contributed by atoms with Crippen molar-refractivity contribution in [1.29, 1.82) is 0 Å². The number of nitrogens with one attached hydrogen (secondary N) is 1. The molecule has 0 aliphatic rings. The van der Waals surface area contributed by atoms with Crippen LogP contribution in [0.1, 0.15) is 16.1 Å². The third-order valence-corrected chi connectivity index (χ3v) is 4.95. The van der Waals surface area contributed by atoms with Gasteiger partial charge in [0.1, 0.15) is 0 Å². The summed E-state index contributed by atoms with van der Waals surface area (Å²) in [5.74, 6) is 0.910. The van der Waals surface area contributed by atoms with Crippen LogP contribution in [0.15, 0.2) is 79.0 Å². The lowest BCUT2D eigenvalue weighted by molar-refractivity contribution is 0.102. The molecular formula is C25H23N3O3. The molecule has 1 amide bonds. The van der Waals surface area contributed by atoms with Gasteiger partial charge in [0.15, 0.2) is 17.2 Å². The van der Waals surface area contributed by atoms with Crippen molar-refractivity contribution < 1.29 is 14.3 Å². The summed E-state index contributed by atoms with van der Waals surface area (Å²) in [6, 6.07) is 22.9. The predicted molar refractivity (Wildman–Crippen MR) is 121 cm³/mol. The van der Waals surface area contributed by atoms with Gasteiger partial charge >= 0.3 is 0 Å². The summed E-state index contributed by atoms with van der Waals surface area (Å²) in [5.41, 5.74) is 4.50. The van der Waals surface area contributed by atoms with Crippen molar-refractivity contribution in [3.8, 4) is 28.3 Å². The number of rotatable bonds is 6. The number of ether oxygens (including phenoxy) is 2. The van der Waals surface area contributed by atoms with Crippen LogP contribution in [0.2, 0.25) is 0 Å². The van der Waals surface area contributed by atoms with Crippen LogP contribution in [0, 0.1) is 6.92 Å². The van der Waals surface area contributed by atoms with Gasteiger partial charge in [0.25, 0.3) is 5.91 Å². The Bertz CT molecular complexity index is 1200. The number of amides is 1. The number of carbonyl (C=O) groups is 1. The Morgan fingerprint density at radius 1 is 0.903 bits per heavy atom. The van der Waals surface area contributed by atoms with E-state index in [0.29, 0.717) is 28.4 Å². The number of aromatic nitrogens is 2. The minimum atomic E-state index is -0.289. The monoisotopic (exact) mass is 413 g/mol. The van der Waals surface area contributed by atoms with Gasteiger partial charge in [0.05, 0.1) is 19.9 Å². The van der Waals surface area contributed by atoms with Gasteiger partial charge in [-0.25, -0.2) is 4.68 Å². The highest BCUT2D eigenvalue weighted by molar-refractivity contribution is 6.07. The van der Waals surface area contributed by atoms with Gasteiger partial charge in [-0.2, -0.15) is 5.10 Å². The highest BCUT2D eigenvalue weighted by Gasteiger charge is 2.20. The van der Waals surface area contributed by atoms with Crippen LogP contribution in [-0.4, -0.2) is 29.9 Å². The van der Waals surface area contributed by atoms with E-state index in [1.54, 1.807) is 18.9 Å². The molecule has 0 saturated carbocycles. The van der Waals surface area contributed by atoms with Crippen molar-refractivity contribution in [1.82, 2.24) is 9.78 Å². The van der Waals surface area contributed by atoms with E-state index < -0.39 is 0 Å². The minimum Gasteiger partial charge on any atom is -0.493 e. The number of methoxy groups -OCH3 is 2. The lowest BCUT2D eigenvalue weighted by Gasteiger charge is -2.10. The molecule has 0 unspecified atom stereocenters. The summed E-state index contributed by atoms with van der Waals surface area (Å²) in [6.45, 7) is 2.00. The summed E-state index contributed by atoms with van der Waals surface area (Å²) in [4.78, 5) is 13.2. The fourth-order valence-electron chi connectivity index (χ4n) is 3.30. The largest absolute Gasteiger partial charge is 0.493 e. The average Bonchev–Trinajstić information content (AvgIpc) is 3.26. The zero-order chi connectivity index (χ0) is 21.8. The molecule has 0 fully saturated rings. The Morgan fingerprint density at radius 2 is 1.61 bits per heavy atom. The highest BCUT2D eigenvalue weighted by Crippen LogP contribution is 2.34. The summed E-state index contributed by atoms with van der Waals surface area (Å²) >= 11 is 0. The number of benzene rings is 3. The standard InChI is InChI=1S/C25H23N3O3/c1-17-9-12-19(13-10-17)26-25(29)24-21(16-28(27-24)20-7-5-4-6-8-20)18-11-14-22(30-2)23(15-18)31-3/h4-16H,1-3H3,(H,26,29). The molecule has 0 aliphatic heterocycles. The molecule has 6 heteroatoms. The van der Waals surface area contributed by atoms with Crippen LogP contribution in [-0.2, 0) is 0 Å². The summed E-state index contributed by atoms with van der Waals surface area (Å²) in [6.07, 6.45) is 1.85. The Balaban J connectivity index is 1.78. The molecule has 1 N–H and O–H groups in total. The van der Waals surface area contributed by atoms with E-state index in [4.69, 9.17) is 9.47 Å². The van der Waals surface area contributed by atoms with Crippen molar-refractivity contribution in [3.05, 3.63) is 90.3 Å². The Kier molecular flexibility index (Phi) is 5.71. The molecule has 0 saturated heterocycles. The highest BCUT2D eigenvalue weighted by atomic mass is 16.5. The average molecular weight is 413 g/mol. The number of carbonyl (C=O) groups excluding carboxylic acids is 1. The van der Waals surface area contributed by atoms with Crippen molar-refractivity contribution in [2.24, 2.45) is 0 Å². The van der Waals surface area contributed by atoms with Crippen LogP contribution in [0.4, 0.5) is 5.69 Å². The second-order valence-corrected chi connectivity index (χ2v) is 7.06. The summed E-state index contributed by atoms with van der Waals surface area (Å²) < 4.78 is 12.5. The molecule has 156 valence electrons. The molecule has 0 bridgehead atoms. The summed E-state index contributed by atoms with van der Waals surface area (Å²) in [5, 5.41) is 7.54. The maximum absolute atomic E-state index is 13.2. The normalized spacial score (nSPS) is 10.5. The van der Waals surface area contributed by atoms with Crippen molar-refractivity contribution in [3.63, 3.8) is 0 Å². The molecule has 4 aromatic rings. The zero-order valence-corrected chi connectivity index (χ0v) is 17.6. The maximum Gasteiger partial charge on any atom is 0.276 e. The number of nitrogens with zero attached hydrogens (tertiary/aromatic N) is 2. The van der Waals surface area contributed by atoms with E-state index in [1.807, 2.05) is 85.9 Å². The molecule has 4 rings (SSSR count). The van der Waals surface area contributed by atoms with E-state index in [-0.39, 0.29) is 5.91 Å². The number of anilines is 1. The molecule has 6 nitrogen and oxygen atoms in total. The van der Waals surface area contributed by atoms with Gasteiger partial charge in [-0.05, 0) is 48.9 Å². The molecule has 0 aliphatic carbocycles. The predicted octanol–water partition coefficient (Wildman–Crippen LogP) is 5.12.